The van der Waals surface area contributed by atoms with Gasteiger partial charge in [-0.25, -0.2) is 4.98 Å². The number of aryl methyl sites for hydroxylation is 1. The van der Waals surface area contributed by atoms with E-state index in [4.69, 9.17) is 65.6 Å². The zero-order valence-electron chi connectivity index (χ0n) is 38.2. The highest BCUT2D eigenvalue weighted by Crippen LogP contribution is 2.49. The number of aromatic nitrogens is 3. The van der Waals surface area contributed by atoms with Gasteiger partial charge in [0.15, 0.2) is 40.0 Å². The number of methoxy groups -OCH3 is 6. The van der Waals surface area contributed by atoms with E-state index in [1.165, 1.54) is 35.5 Å². The fraction of sp³-hybridized carbons (Fsp3) is 0.265. The van der Waals surface area contributed by atoms with E-state index in [2.05, 4.69) is 15.0 Å². The van der Waals surface area contributed by atoms with Crippen LogP contribution < -0.4 is 38.2 Å². The minimum atomic E-state index is -0.282. The first kappa shape index (κ1) is 47.7. The topological polar surface area (TPSA) is 228 Å². The first-order valence-electron chi connectivity index (χ1n) is 21.1. The van der Waals surface area contributed by atoms with Gasteiger partial charge < -0.3 is 62.8 Å². The molecule has 2 atom stereocenters. The maximum absolute atomic E-state index is 13.7. The van der Waals surface area contributed by atoms with Crippen LogP contribution in [0, 0.1) is 6.92 Å². The number of aromatic hydroxyl groups is 2. The molecule has 0 bridgehead atoms. The average Bonchev–Trinajstić information content (AvgIpc) is 4.21. The number of carbonyl (C=O) groups is 2. The number of rotatable bonds is 10. The van der Waals surface area contributed by atoms with Gasteiger partial charge in [0, 0.05) is 77.5 Å². The van der Waals surface area contributed by atoms with Gasteiger partial charge in [0.25, 0.3) is 11.8 Å². The highest BCUT2D eigenvalue weighted by molar-refractivity contribution is 6.20. The average molecular weight is 983 g/mol. The lowest BCUT2D eigenvalue weighted by Crippen LogP contribution is -2.30. The number of benzene rings is 5. The third-order valence-corrected chi connectivity index (χ3v) is 12.9. The van der Waals surface area contributed by atoms with Gasteiger partial charge in [-0.3, -0.25) is 9.59 Å². The van der Waals surface area contributed by atoms with Crippen LogP contribution in [0.4, 0.5) is 11.4 Å². The predicted octanol–water partition coefficient (Wildman–Crippen LogP) is 8.78. The number of hydrogen-bond donors (Lipinski definition) is 4. The number of nitrogens with zero attached hydrogens (tertiary/aromatic N) is 3. The molecule has 5 aromatic carbocycles. The molecule has 2 amide bonds. The van der Waals surface area contributed by atoms with Gasteiger partial charge in [-0.2, -0.15) is 9.59 Å². The van der Waals surface area contributed by atoms with Crippen LogP contribution in [0.3, 0.4) is 0 Å². The van der Waals surface area contributed by atoms with E-state index >= 15 is 0 Å². The second-order valence-corrected chi connectivity index (χ2v) is 16.4. The number of hydrogen-bond acceptors (Lipinski definition) is 14. The van der Waals surface area contributed by atoms with Crippen molar-refractivity contribution in [3.05, 3.63) is 89.1 Å². The van der Waals surface area contributed by atoms with Crippen molar-refractivity contribution in [1.29, 1.82) is 0 Å². The first-order chi connectivity index (χ1) is 33.3. The lowest BCUT2D eigenvalue weighted by Gasteiger charge is -2.17. The Morgan fingerprint density at radius 1 is 0.681 bits per heavy atom. The zero-order chi connectivity index (χ0) is 49.4. The van der Waals surface area contributed by atoms with Crippen molar-refractivity contribution >= 4 is 96.2 Å². The van der Waals surface area contributed by atoms with E-state index < -0.39 is 0 Å². The molecule has 3 aromatic heterocycles. The van der Waals surface area contributed by atoms with Crippen molar-refractivity contribution in [2.45, 2.75) is 18.8 Å². The molecule has 2 unspecified atom stereocenters. The normalized spacial score (nSPS) is 14.7. The molecule has 0 spiro atoms. The number of aromatic amines is 2. The highest BCUT2D eigenvalue weighted by atomic mass is 35.5. The van der Waals surface area contributed by atoms with Crippen molar-refractivity contribution in [3.8, 4) is 46.0 Å². The molecule has 8 aromatic rings. The van der Waals surface area contributed by atoms with E-state index in [0.29, 0.717) is 104 Å². The predicted molar refractivity (Wildman–Crippen MR) is 257 cm³/mol. The van der Waals surface area contributed by atoms with Crippen molar-refractivity contribution < 1.29 is 62.2 Å². The molecule has 0 saturated heterocycles. The number of phenols is 2. The third-order valence-electron chi connectivity index (χ3n) is 12.2. The molecule has 0 fully saturated rings. The van der Waals surface area contributed by atoms with Gasteiger partial charge in [-0.05, 0) is 35.2 Å². The number of phenolic OH excluding ortho intramolecular Hbond substituents is 2. The van der Waals surface area contributed by atoms with Gasteiger partial charge in [-0.1, -0.05) is 24.3 Å². The van der Waals surface area contributed by atoms with E-state index in [-0.39, 0.29) is 47.2 Å². The molecular formula is C49H45Cl2N5O13. The lowest BCUT2D eigenvalue weighted by atomic mass is 9.95. The summed E-state index contributed by atoms with van der Waals surface area (Å²) in [6.45, 7) is 2.47. The number of amides is 2. The van der Waals surface area contributed by atoms with Crippen LogP contribution in [0.2, 0.25) is 0 Å². The number of fused-ring (bicyclic) bond motifs is 8. The minimum Gasteiger partial charge on any atom is -0.507 e. The van der Waals surface area contributed by atoms with Crippen LogP contribution >= 0.6 is 23.2 Å². The number of alkyl halides is 2. The molecule has 0 aliphatic carbocycles. The van der Waals surface area contributed by atoms with Crippen LogP contribution in [0.5, 0.6) is 46.0 Å². The van der Waals surface area contributed by atoms with Crippen LogP contribution in [0.15, 0.2) is 65.1 Å². The summed E-state index contributed by atoms with van der Waals surface area (Å²) in [5, 5.41) is 24.3. The quantitative estimate of drug-likeness (QED) is 0.0940. The highest BCUT2D eigenvalue weighted by Gasteiger charge is 2.38. The van der Waals surface area contributed by atoms with Gasteiger partial charge in [0.05, 0.1) is 65.1 Å². The molecule has 358 valence electrons. The Kier molecular flexibility index (Phi) is 13.4. The summed E-state index contributed by atoms with van der Waals surface area (Å²) in [5.74, 6) is 3.17. The van der Waals surface area contributed by atoms with E-state index in [1.807, 2.05) is 24.3 Å². The number of carbonyl (C=O) groups excluding carboxylic acids is 4. The van der Waals surface area contributed by atoms with Gasteiger partial charge >= 0.3 is 6.15 Å². The Morgan fingerprint density at radius 3 is 1.59 bits per heavy atom. The maximum atomic E-state index is 13.7. The molecule has 4 N–H and O–H groups in total. The lowest BCUT2D eigenvalue weighted by molar-refractivity contribution is -0.191. The van der Waals surface area contributed by atoms with Crippen LogP contribution in [-0.2, 0) is 9.59 Å². The molecule has 69 heavy (non-hydrogen) atoms. The Labute approximate surface area is 403 Å². The summed E-state index contributed by atoms with van der Waals surface area (Å²) < 4.78 is 38.6. The Balaban J connectivity index is 0.000000176. The second kappa shape index (κ2) is 19.4. The molecule has 18 nitrogen and oxygen atoms in total. The Morgan fingerprint density at radius 2 is 1.13 bits per heavy atom. The van der Waals surface area contributed by atoms with Gasteiger partial charge in [0.1, 0.15) is 22.9 Å². The number of oxazole rings is 1. The minimum absolute atomic E-state index is 0.0461. The summed E-state index contributed by atoms with van der Waals surface area (Å²) in [7, 11) is 9.20. The van der Waals surface area contributed by atoms with E-state index in [1.54, 1.807) is 60.2 Å². The number of H-pyrrole nitrogens is 2. The van der Waals surface area contributed by atoms with Crippen molar-refractivity contribution in [3.63, 3.8) is 0 Å². The van der Waals surface area contributed by atoms with Crippen LogP contribution in [0.1, 0.15) is 49.8 Å². The number of nitrogens with one attached hydrogen (secondary N) is 2. The fourth-order valence-electron chi connectivity index (χ4n) is 9.28. The van der Waals surface area contributed by atoms with Gasteiger partial charge in [-0.15, -0.1) is 23.2 Å². The largest absolute Gasteiger partial charge is 0.507 e. The fourth-order valence-corrected chi connectivity index (χ4v) is 9.78. The standard InChI is InChI=1S/C25H23ClN2O5.C23H22ClN3O6.CO2/c1-31-20-9-13-8-17(27-22(13)24(33-3)23(20)32-2)25(30)28-12-14(11-26)21-16-7-5-4-6-15(16)19(29)10-18(21)28;1-10-25-19-15(28)7-14-17(21(19)33-10)12(8-24)9-27(14)23(29)13-5-11-6-16(30-2)20(31-3)22(32-4)18(11)26-13;2-1-3/h4-10,14,27,29H,11-12H2,1-3H3;5-7,12,26,28H,8-9H2,1-4H3;. The third kappa shape index (κ3) is 8.05. The molecule has 2 aliphatic heterocycles. The number of halogens is 2. The van der Waals surface area contributed by atoms with Crippen LogP contribution in [0.25, 0.3) is 43.7 Å². The van der Waals surface area contributed by atoms with Crippen LogP contribution in [-0.4, -0.2) is 111 Å². The molecule has 0 radical (unpaired) electrons. The molecular weight excluding hydrogens is 937 g/mol. The summed E-state index contributed by atoms with van der Waals surface area (Å²) in [6, 6.07) is 17.9. The molecule has 0 saturated carbocycles. The van der Waals surface area contributed by atoms with Crippen molar-refractivity contribution in [1.82, 2.24) is 15.0 Å². The zero-order valence-corrected chi connectivity index (χ0v) is 39.8. The molecule has 5 heterocycles. The summed E-state index contributed by atoms with van der Waals surface area (Å²) in [4.78, 5) is 57.4. The molecule has 20 heteroatoms. The Bertz CT molecular complexity index is 3340. The van der Waals surface area contributed by atoms with E-state index in [9.17, 15) is 19.8 Å². The number of ether oxygens (including phenoxy) is 6. The summed E-state index contributed by atoms with van der Waals surface area (Å²) in [6.07, 6.45) is 0.250. The Hall–Kier alpha value is -7.79. The van der Waals surface area contributed by atoms with Crippen molar-refractivity contribution in [2.24, 2.45) is 0 Å². The van der Waals surface area contributed by atoms with E-state index in [0.717, 1.165) is 32.7 Å². The summed E-state index contributed by atoms with van der Waals surface area (Å²) >= 11 is 12.6. The monoisotopic (exact) mass is 981 g/mol. The summed E-state index contributed by atoms with van der Waals surface area (Å²) in [5.41, 5.74) is 5.74. The second-order valence-electron chi connectivity index (χ2n) is 15.8. The number of anilines is 2. The molecule has 2 aliphatic rings. The smallest absolute Gasteiger partial charge is 0.373 e. The maximum Gasteiger partial charge on any atom is 0.373 e. The van der Waals surface area contributed by atoms with Gasteiger partial charge in [0.2, 0.25) is 11.5 Å². The molecule has 10 rings (SSSR count). The SMILES string of the molecule is COc1cc2cc(C(=O)N3CC(CCl)c4c3cc(O)c3ccccc43)[nH]c2c(OC)c1OC.COc1cc2cc(C(=O)N3CC(CCl)c4c3cc(O)c3nc(C)oc43)[nH]c2c(OC)c1OC.O=C=O. The van der Waals surface area contributed by atoms with Crippen molar-refractivity contribution in [2.75, 3.05) is 77.3 Å². The first-order valence-corrected chi connectivity index (χ1v) is 22.2.